The van der Waals surface area contributed by atoms with Crippen LogP contribution >= 0.6 is 0 Å². The molecule has 1 unspecified atom stereocenters. The number of nitrogens with zero attached hydrogens (tertiary/aromatic N) is 3. The number of piperidine rings is 1. The molecule has 0 N–H and O–H groups in total. The van der Waals surface area contributed by atoms with Gasteiger partial charge in [0.2, 0.25) is 0 Å². The van der Waals surface area contributed by atoms with E-state index in [0.717, 1.165) is 24.8 Å². The molecular formula is C22H29N3O4. The Hall–Kier alpha value is -2.83. The van der Waals surface area contributed by atoms with Crippen LogP contribution in [0.15, 0.2) is 30.3 Å². The number of hydrogen-bond acceptors (Lipinski definition) is 5. The second-order valence-corrected chi connectivity index (χ2v) is 7.18. The number of aryl methyl sites for hydroxylation is 1. The second-order valence-electron chi connectivity index (χ2n) is 7.18. The SMILES string of the molecule is CCCn1nc(-c2ccccc2OC)cc1C(=O)N1CCCC(C(=O)OCC)C1. The van der Waals surface area contributed by atoms with Crippen molar-refractivity contribution in [3.05, 3.63) is 36.0 Å². The predicted molar refractivity (Wildman–Crippen MR) is 110 cm³/mol. The molecule has 0 saturated carbocycles. The molecule has 3 rings (SSSR count). The third-order valence-corrected chi connectivity index (χ3v) is 5.15. The first kappa shape index (κ1) is 20.9. The Labute approximate surface area is 171 Å². The van der Waals surface area contributed by atoms with Crippen molar-refractivity contribution in [1.82, 2.24) is 14.7 Å². The van der Waals surface area contributed by atoms with Gasteiger partial charge in [-0.3, -0.25) is 14.3 Å². The number of carbonyl (C=O) groups is 2. The van der Waals surface area contributed by atoms with Crippen LogP contribution < -0.4 is 4.74 Å². The normalized spacial score (nSPS) is 16.5. The molecule has 1 saturated heterocycles. The number of rotatable bonds is 7. The van der Waals surface area contributed by atoms with E-state index in [1.165, 1.54) is 0 Å². The van der Waals surface area contributed by atoms with Crippen molar-refractivity contribution in [2.75, 3.05) is 26.8 Å². The molecular weight excluding hydrogens is 370 g/mol. The molecule has 1 amide bonds. The standard InChI is InChI=1S/C22H29N3O4/c1-4-12-25-19(14-18(23-25)17-10-6-7-11-20(17)28-3)21(26)24-13-8-9-16(15-24)22(27)29-5-2/h6-7,10-11,14,16H,4-5,8-9,12-13,15H2,1-3H3. The Morgan fingerprint density at radius 1 is 1.24 bits per heavy atom. The number of hydrogen-bond donors (Lipinski definition) is 0. The van der Waals surface area contributed by atoms with Gasteiger partial charge in [0.15, 0.2) is 0 Å². The molecule has 0 aliphatic carbocycles. The van der Waals surface area contributed by atoms with Gasteiger partial charge in [-0.2, -0.15) is 5.10 Å². The Morgan fingerprint density at radius 3 is 2.76 bits per heavy atom. The fourth-order valence-electron chi connectivity index (χ4n) is 3.74. The molecule has 0 spiro atoms. The highest BCUT2D eigenvalue weighted by molar-refractivity contribution is 5.94. The van der Waals surface area contributed by atoms with E-state index < -0.39 is 0 Å². The van der Waals surface area contributed by atoms with Crippen molar-refractivity contribution >= 4 is 11.9 Å². The van der Waals surface area contributed by atoms with E-state index in [2.05, 4.69) is 12.0 Å². The van der Waals surface area contributed by atoms with Gasteiger partial charge in [0, 0.05) is 25.2 Å². The summed E-state index contributed by atoms with van der Waals surface area (Å²) in [6.07, 6.45) is 2.40. The summed E-state index contributed by atoms with van der Waals surface area (Å²) in [6.45, 7) is 5.87. The fourth-order valence-corrected chi connectivity index (χ4v) is 3.74. The number of benzene rings is 1. The van der Waals surface area contributed by atoms with Crippen LogP contribution in [-0.4, -0.2) is 53.4 Å². The van der Waals surface area contributed by atoms with E-state index in [4.69, 9.17) is 9.47 Å². The molecule has 7 heteroatoms. The zero-order chi connectivity index (χ0) is 20.8. The van der Waals surface area contributed by atoms with Gasteiger partial charge in [-0.25, -0.2) is 0 Å². The molecule has 1 atom stereocenters. The summed E-state index contributed by atoms with van der Waals surface area (Å²) in [4.78, 5) is 27.2. The van der Waals surface area contributed by atoms with Crippen molar-refractivity contribution in [3.8, 4) is 17.0 Å². The minimum Gasteiger partial charge on any atom is -0.496 e. The average molecular weight is 399 g/mol. The van der Waals surface area contributed by atoms with Crippen molar-refractivity contribution < 1.29 is 19.1 Å². The van der Waals surface area contributed by atoms with E-state index in [9.17, 15) is 9.59 Å². The summed E-state index contributed by atoms with van der Waals surface area (Å²) in [5.74, 6) is 0.139. The Morgan fingerprint density at radius 2 is 2.03 bits per heavy atom. The molecule has 1 aromatic carbocycles. The van der Waals surface area contributed by atoms with Gasteiger partial charge in [-0.05, 0) is 44.4 Å². The maximum Gasteiger partial charge on any atom is 0.310 e. The van der Waals surface area contributed by atoms with Crippen LogP contribution in [0.25, 0.3) is 11.3 Å². The number of para-hydroxylation sites is 1. The lowest BCUT2D eigenvalue weighted by Gasteiger charge is -2.31. The number of methoxy groups -OCH3 is 1. The Bertz CT molecular complexity index is 861. The maximum absolute atomic E-state index is 13.3. The number of esters is 1. The van der Waals surface area contributed by atoms with Crippen LogP contribution in [0.1, 0.15) is 43.6 Å². The van der Waals surface area contributed by atoms with Gasteiger partial charge in [0.25, 0.3) is 5.91 Å². The minimum atomic E-state index is -0.260. The summed E-state index contributed by atoms with van der Waals surface area (Å²) < 4.78 is 12.4. The zero-order valence-electron chi connectivity index (χ0n) is 17.4. The first-order valence-corrected chi connectivity index (χ1v) is 10.3. The van der Waals surface area contributed by atoms with Crippen LogP contribution in [0.2, 0.25) is 0 Å². The lowest BCUT2D eigenvalue weighted by atomic mass is 9.98. The highest BCUT2D eigenvalue weighted by Gasteiger charge is 2.31. The van der Waals surface area contributed by atoms with Crippen LogP contribution in [0, 0.1) is 5.92 Å². The lowest BCUT2D eigenvalue weighted by Crippen LogP contribution is -2.43. The first-order chi connectivity index (χ1) is 14.1. The molecule has 29 heavy (non-hydrogen) atoms. The van der Waals surface area contributed by atoms with Gasteiger partial charge in [-0.15, -0.1) is 0 Å². The quantitative estimate of drug-likeness (QED) is 0.668. The highest BCUT2D eigenvalue weighted by Crippen LogP contribution is 2.30. The van der Waals surface area contributed by atoms with Crippen LogP contribution in [0.4, 0.5) is 0 Å². The number of likely N-dealkylation sites (tertiary alicyclic amines) is 1. The summed E-state index contributed by atoms with van der Waals surface area (Å²) in [6, 6.07) is 9.46. The third-order valence-electron chi connectivity index (χ3n) is 5.15. The second kappa shape index (κ2) is 9.58. The molecule has 156 valence electrons. The molecule has 1 aromatic heterocycles. The lowest BCUT2D eigenvalue weighted by molar-refractivity contribution is -0.149. The van der Waals surface area contributed by atoms with E-state index in [0.29, 0.717) is 43.4 Å². The zero-order valence-corrected chi connectivity index (χ0v) is 17.4. The Balaban J connectivity index is 1.88. The predicted octanol–water partition coefficient (Wildman–Crippen LogP) is 3.38. The van der Waals surface area contributed by atoms with Crippen molar-refractivity contribution in [1.29, 1.82) is 0 Å². The average Bonchev–Trinajstić information content (AvgIpc) is 3.17. The molecule has 7 nitrogen and oxygen atoms in total. The molecule has 2 aromatic rings. The molecule has 1 aliphatic heterocycles. The van der Waals surface area contributed by atoms with E-state index in [1.54, 1.807) is 23.6 Å². The van der Waals surface area contributed by atoms with Gasteiger partial charge in [0.05, 0.1) is 25.3 Å². The minimum absolute atomic E-state index is 0.0962. The van der Waals surface area contributed by atoms with E-state index in [1.807, 2.05) is 30.3 Å². The van der Waals surface area contributed by atoms with Crippen molar-refractivity contribution in [3.63, 3.8) is 0 Å². The van der Waals surface area contributed by atoms with E-state index >= 15 is 0 Å². The van der Waals surface area contributed by atoms with Crippen LogP contribution in [-0.2, 0) is 16.1 Å². The summed E-state index contributed by atoms with van der Waals surface area (Å²) in [5, 5.41) is 4.68. The molecule has 0 bridgehead atoms. The largest absolute Gasteiger partial charge is 0.496 e. The maximum atomic E-state index is 13.3. The topological polar surface area (TPSA) is 73.7 Å². The molecule has 2 heterocycles. The monoisotopic (exact) mass is 399 g/mol. The van der Waals surface area contributed by atoms with Crippen LogP contribution in [0.5, 0.6) is 5.75 Å². The number of amides is 1. The van der Waals surface area contributed by atoms with Crippen molar-refractivity contribution in [2.45, 2.75) is 39.7 Å². The van der Waals surface area contributed by atoms with Gasteiger partial charge in [-0.1, -0.05) is 19.1 Å². The number of ether oxygens (including phenoxy) is 2. The molecule has 1 fully saturated rings. The van der Waals surface area contributed by atoms with Gasteiger partial charge in [0.1, 0.15) is 11.4 Å². The number of carbonyl (C=O) groups excluding carboxylic acids is 2. The Kier molecular flexibility index (Phi) is 6.90. The summed E-state index contributed by atoms with van der Waals surface area (Å²) >= 11 is 0. The molecule has 0 radical (unpaired) electrons. The van der Waals surface area contributed by atoms with Gasteiger partial charge < -0.3 is 14.4 Å². The third kappa shape index (κ3) is 4.60. The van der Waals surface area contributed by atoms with Gasteiger partial charge >= 0.3 is 5.97 Å². The number of aromatic nitrogens is 2. The smallest absolute Gasteiger partial charge is 0.310 e. The summed E-state index contributed by atoms with van der Waals surface area (Å²) in [7, 11) is 1.62. The van der Waals surface area contributed by atoms with E-state index in [-0.39, 0.29) is 17.8 Å². The fraction of sp³-hybridized carbons (Fsp3) is 0.500. The van der Waals surface area contributed by atoms with Crippen LogP contribution in [0.3, 0.4) is 0 Å². The first-order valence-electron chi connectivity index (χ1n) is 10.3. The van der Waals surface area contributed by atoms with Crippen molar-refractivity contribution in [2.24, 2.45) is 5.92 Å². The highest BCUT2D eigenvalue weighted by atomic mass is 16.5. The summed E-state index contributed by atoms with van der Waals surface area (Å²) in [5.41, 5.74) is 2.09. The molecule has 1 aliphatic rings.